The van der Waals surface area contributed by atoms with Crippen molar-refractivity contribution >= 4 is 9.84 Å². The number of aliphatic hydroxyl groups is 1. The molecule has 0 aromatic rings. The summed E-state index contributed by atoms with van der Waals surface area (Å²) in [6.07, 6.45) is -3.94. The van der Waals surface area contributed by atoms with Crippen LogP contribution >= 0.6 is 0 Å². The van der Waals surface area contributed by atoms with Gasteiger partial charge >= 0.3 is 6.18 Å². The van der Waals surface area contributed by atoms with Gasteiger partial charge in [0.05, 0.1) is 18.9 Å². The van der Waals surface area contributed by atoms with Crippen molar-refractivity contribution in [3.8, 4) is 0 Å². The van der Waals surface area contributed by atoms with Crippen LogP contribution in [0, 0.1) is 0 Å². The Balaban J connectivity index is 4.27. The SMILES string of the molecule is CCCS(=O)(=O)CCN(CCO)CC(F)(F)F. The van der Waals surface area contributed by atoms with Crippen molar-refractivity contribution < 1.29 is 26.7 Å². The number of sulfone groups is 1. The second kappa shape index (κ2) is 7.17. The molecule has 0 heterocycles. The summed E-state index contributed by atoms with van der Waals surface area (Å²) < 4.78 is 59.0. The Kier molecular flexibility index (Phi) is 7.03. The summed E-state index contributed by atoms with van der Waals surface area (Å²) in [6.45, 7) is -0.318. The van der Waals surface area contributed by atoms with E-state index in [2.05, 4.69) is 0 Å². The third-order valence-corrected chi connectivity index (χ3v) is 3.89. The molecule has 0 amide bonds. The van der Waals surface area contributed by atoms with Crippen LogP contribution in [0.3, 0.4) is 0 Å². The van der Waals surface area contributed by atoms with Crippen molar-refractivity contribution in [3.05, 3.63) is 0 Å². The average Bonchev–Trinajstić information content (AvgIpc) is 2.12. The standard InChI is InChI=1S/C9H18F3NO3S/c1-2-6-17(15,16)7-4-13(3-5-14)8-9(10,11)12/h14H,2-8H2,1H3. The zero-order valence-corrected chi connectivity index (χ0v) is 10.5. The van der Waals surface area contributed by atoms with Gasteiger partial charge in [-0.2, -0.15) is 13.2 Å². The number of rotatable bonds is 8. The molecule has 0 aromatic heterocycles. The number of alkyl halides is 3. The molecule has 17 heavy (non-hydrogen) atoms. The van der Waals surface area contributed by atoms with E-state index in [0.717, 1.165) is 4.90 Å². The number of hydrogen-bond donors (Lipinski definition) is 1. The second-order valence-electron chi connectivity index (χ2n) is 3.77. The third-order valence-electron chi connectivity index (χ3n) is 2.05. The minimum absolute atomic E-state index is 0.0218. The first-order chi connectivity index (χ1) is 7.70. The normalized spacial score (nSPS) is 13.3. The molecule has 8 heteroatoms. The highest BCUT2D eigenvalue weighted by Gasteiger charge is 2.30. The minimum Gasteiger partial charge on any atom is -0.395 e. The molecule has 0 saturated heterocycles. The fourth-order valence-corrected chi connectivity index (χ4v) is 2.71. The van der Waals surface area contributed by atoms with Gasteiger partial charge in [-0.05, 0) is 6.42 Å². The van der Waals surface area contributed by atoms with E-state index < -0.39 is 29.2 Å². The fraction of sp³-hybridized carbons (Fsp3) is 1.00. The van der Waals surface area contributed by atoms with Crippen molar-refractivity contribution in [2.45, 2.75) is 19.5 Å². The van der Waals surface area contributed by atoms with Crippen LogP contribution in [-0.4, -0.2) is 62.3 Å². The van der Waals surface area contributed by atoms with Crippen LogP contribution in [-0.2, 0) is 9.84 Å². The van der Waals surface area contributed by atoms with Crippen molar-refractivity contribution in [2.75, 3.05) is 37.7 Å². The molecule has 0 spiro atoms. The van der Waals surface area contributed by atoms with Crippen LogP contribution in [0.4, 0.5) is 13.2 Å². The van der Waals surface area contributed by atoms with Crippen molar-refractivity contribution in [3.63, 3.8) is 0 Å². The Bertz CT molecular complexity index is 303. The highest BCUT2D eigenvalue weighted by atomic mass is 32.2. The molecule has 0 aliphatic carbocycles. The lowest BCUT2D eigenvalue weighted by molar-refractivity contribution is -0.146. The number of aliphatic hydroxyl groups excluding tert-OH is 1. The first-order valence-corrected chi connectivity index (χ1v) is 7.12. The van der Waals surface area contributed by atoms with Crippen LogP contribution in [0.25, 0.3) is 0 Å². The van der Waals surface area contributed by atoms with Crippen LogP contribution < -0.4 is 0 Å². The van der Waals surface area contributed by atoms with Crippen molar-refractivity contribution in [1.29, 1.82) is 0 Å². The summed E-state index contributed by atoms with van der Waals surface area (Å²) in [7, 11) is -3.29. The lowest BCUT2D eigenvalue weighted by Crippen LogP contribution is -2.39. The Morgan fingerprint density at radius 1 is 1.18 bits per heavy atom. The molecule has 0 aromatic carbocycles. The van der Waals surface area contributed by atoms with Crippen LogP contribution in [0.5, 0.6) is 0 Å². The Morgan fingerprint density at radius 2 is 1.76 bits per heavy atom. The molecular weight excluding hydrogens is 259 g/mol. The molecule has 1 N–H and O–H groups in total. The number of nitrogens with zero attached hydrogens (tertiary/aromatic N) is 1. The monoisotopic (exact) mass is 277 g/mol. The predicted molar refractivity (Wildman–Crippen MR) is 58.5 cm³/mol. The van der Waals surface area contributed by atoms with Gasteiger partial charge in [0.25, 0.3) is 0 Å². The van der Waals surface area contributed by atoms with Gasteiger partial charge in [0.2, 0.25) is 0 Å². The molecule has 0 radical (unpaired) electrons. The zero-order chi connectivity index (χ0) is 13.5. The van der Waals surface area contributed by atoms with E-state index in [1.807, 2.05) is 0 Å². The van der Waals surface area contributed by atoms with E-state index in [1.165, 1.54) is 0 Å². The second-order valence-corrected chi connectivity index (χ2v) is 6.07. The molecule has 0 unspecified atom stereocenters. The topological polar surface area (TPSA) is 57.6 Å². The van der Waals surface area contributed by atoms with Gasteiger partial charge in [-0.15, -0.1) is 0 Å². The van der Waals surface area contributed by atoms with Gasteiger partial charge in [-0.25, -0.2) is 8.42 Å². The van der Waals surface area contributed by atoms with E-state index in [0.29, 0.717) is 6.42 Å². The highest BCUT2D eigenvalue weighted by molar-refractivity contribution is 7.91. The molecule has 0 aliphatic rings. The molecule has 4 nitrogen and oxygen atoms in total. The lowest BCUT2D eigenvalue weighted by Gasteiger charge is -2.22. The quantitative estimate of drug-likeness (QED) is 0.708. The molecular formula is C9H18F3NO3S. The lowest BCUT2D eigenvalue weighted by atomic mass is 10.4. The van der Waals surface area contributed by atoms with E-state index in [1.54, 1.807) is 6.92 Å². The molecule has 0 bridgehead atoms. The first kappa shape index (κ1) is 16.7. The first-order valence-electron chi connectivity index (χ1n) is 5.30. The van der Waals surface area contributed by atoms with Crippen molar-refractivity contribution in [2.24, 2.45) is 0 Å². The fourth-order valence-electron chi connectivity index (χ4n) is 1.35. The Hall–Kier alpha value is -0.340. The van der Waals surface area contributed by atoms with E-state index >= 15 is 0 Å². The molecule has 0 saturated carbocycles. The third kappa shape index (κ3) is 9.37. The molecule has 0 fully saturated rings. The summed E-state index contributed by atoms with van der Waals surface area (Å²) in [5, 5.41) is 8.61. The average molecular weight is 277 g/mol. The molecule has 0 aliphatic heterocycles. The van der Waals surface area contributed by atoms with E-state index in [-0.39, 0.29) is 24.6 Å². The van der Waals surface area contributed by atoms with Gasteiger partial charge in [-0.3, -0.25) is 4.90 Å². The predicted octanol–water partition coefficient (Wildman–Crippen LogP) is 0.668. The van der Waals surface area contributed by atoms with Gasteiger partial charge in [-0.1, -0.05) is 6.92 Å². The summed E-state index contributed by atoms with van der Waals surface area (Å²) >= 11 is 0. The van der Waals surface area contributed by atoms with Crippen LogP contribution in [0.1, 0.15) is 13.3 Å². The summed E-state index contributed by atoms with van der Waals surface area (Å²) in [5.41, 5.74) is 0. The maximum absolute atomic E-state index is 12.1. The summed E-state index contributed by atoms with van der Waals surface area (Å²) in [5.74, 6) is -0.330. The van der Waals surface area contributed by atoms with Crippen LogP contribution in [0.2, 0.25) is 0 Å². The maximum atomic E-state index is 12.1. The van der Waals surface area contributed by atoms with E-state index in [9.17, 15) is 21.6 Å². The molecule has 0 atom stereocenters. The zero-order valence-electron chi connectivity index (χ0n) is 9.70. The highest BCUT2D eigenvalue weighted by Crippen LogP contribution is 2.16. The van der Waals surface area contributed by atoms with E-state index in [4.69, 9.17) is 5.11 Å². The maximum Gasteiger partial charge on any atom is 0.401 e. The summed E-state index contributed by atoms with van der Waals surface area (Å²) in [4.78, 5) is 0.896. The van der Waals surface area contributed by atoms with Gasteiger partial charge in [0.1, 0.15) is 0 Å². The van der Waals surface area contributed by atoms with Crippen LogP contribution in [0.15, 0.2) is 0 Å². The Labute approximate surface area is 99.3 Å². The van der Waals surface area contributed by atoms with Crippen molar-refractivity contribution in [1.82, 2.24) is 4.90 Å². The van der Waals surface area contributed by atoms with Gasteiger partial charge < -0.3 is 5.11 Å². The number of halogens is 3. The van der Waals surface area contributed by atoms with Gasteiger partial charge in [0.15, 0.2) is 9.84 Å². The Morgan fingerprint density at radius 3 is 2.18 bits per heavy atom. The molecule has 0 rings (SSSR count). The smallest absolute Gasteiger partial charge is 0.395 e. The largest absolute Gasteiger partial charge is 0.401 e. The molecule has 104 valence electrons. The number of hydrogen-bond acceptors (Lipinski definition) is 4. The van der Waals surface area contributed by atoms with Gasteiger partial charge in [0, 0.05) is 18.8 Å². The minimum atomic E-state index is -4.39. The summed E-state index contributed by atoms with van der Waals surface area (Å²) in [6, 6.07) is 0.